The standard InChI is InChI=1S/C13H26N2O/c1-7-8-15(13(4,5)6)12(16)11(9-14)10(2)3/h7,10-11H,1,8-9,14H2,2-6H3. The van der Waals surface area contributed by atoms with Crippen LogP contribution >= 0.6 is 0 Å². The highest BCUT2D eigenvalue weighted by Gasteiger charge is 2.31. The minimum Gasteiger partial charge on any atom is -0.334 e. The first-order valence-electron chi connectivity index (χ1n) is 5.88. The Morgan fingerprint density at radius 1 is 1.44 bits per heavy atom. The fourth-order valence-corrected chi connectivity index (χ4v) is 1.68. The fourth-order valence-electron chi connectivity index (χ4n) is 1.68. The maximum atomic E-state index is 12.4. The van der Waals surface area contributed by atoms with Gasteiger partial charge < -0.3 is 10.6 Å². The van der Waals surface area contributed by atoms with Crippen molar-refractivity contribution >= 4 is 5.91 Å². The molecule has 0 aromatic carbocycles. The summed E-state index contributed by atoms with van der Waals surface area (Å²) < 4.78 is 0. The van der Waals surface area contributed by atoms with Crippen molar-refractivity contribution in [1.82, 2.24) is 4.90 Å². The Bertz CT molecular complexity index is 241. The third-order valence-electron chi connectivity index (χ3n) is 2.76. The molecule has 2 N–H and O–H groups in total. The van der Waals surface area contributed by atoms with Crippen LogP contribution < -0.4 is 5.73 Å². The number of hydrogen-bond donors (Lipinski definition) is 1. The molecule has 94 valence electrons. The van der Waals surface area contributed by atoms with Gasteiger partial charge in [0.2, 0.25) is 5.91 Å². The normalized spacial score (nSPS) is 13.7. The van der Waals surface area contributed by atoms with E-state index in [2.05, 4.69) is 6.58 Å². The maximum Gasteiger partial charge on any atom is 0.227 e. The predicted octanol–water partition coefficient (Wildman–Crippen LogP) is 2.03. The van der Waals surface area contributed by atoms with Crippen LogP contribution in [0.2, 0.25) is 0 Å². The predicted molar refractivity (Wildman–Crippen MR) is 69.0 cm³/mol. The molecule has 0 rings (SSSR count). The summed E-state index contributed by atoms with van der Waals surface area (Å²) in [6.45, 7) is 14.8. The number of nitrogens with two attached hydrogens (primary N) is 1. The van der Waals surface area contributed by atoms with Crippen molar-refractivity contribution in [3.8, 4) is 0 Å². The number of carbonyl (C=O) groups excluding carboxylic acids is 1. The molecule has 0 radical (unpaired) electrons. The number of amides is 1. The molecule has 0 bridgehead atoms. The van der Waals surface area contributed by atoms with Gasteiger partial charge in [-0.15, -0.1) is 6.58 Å². The molecule has 0 fully saturated rings. The van der Waals surface area contributed by atoms with E-state index in [1.165, 1.54) is 0 Å². The first-order valence-corrected chi connectivity index (χ1v) is 5.88. The van der Waals surface area contributed by atoms with Crippen LogP contribution in [0.5, 0.6) is 0 Å². The van der Waals surface area contributed by atoms with Gasteiger partial charge in [-0.25, -0.2) is 0 Å². The second-order valence-corrected chi connectivity index (χ2v) is 5.49. The van der Waals surface area contributed by atoms with E-state index in [9.17, 15) is 4.79 Å². The first-order chi connectivity index (χ1) is 7.25. The molecule has 0 aliphatic heterocycles. The van der Waals surface area contributed by atoms with Crippen LogP contribution in [0.25, 0.3) is 0 Å². The highest BCUT2D eigenvalue weighted by molar-refractivity contribution is 5.80. The Balaban J connectivity index is 4.92. The zero-order valence-electron chi connectivity index (χ0n) is 11.3. The summed E-state index contributed by atoms with van der Waals surface area (Å²) in [7, 11) is 0. The summed E-state index contributed by atoms with van der Waals surface area (Å²) >= 11 is 0. The maximum absolute atomic E-state index is 12.4. The minimum absolute atomic E-state index is 0.0980. The van der Waals surface area contributed by atoms with E-state index in [-0.39, 0.29) is 23.3 Å². The molecule has 0 saturated carbocycles. The SMILES string of the molecule is C=CCN(C(=O)C(CN)C(C)C)C(C)(C)C. The first kappa shape index (κ1) is 15.2. The molecular weight excluding hydrogens is 200 g/mol. The fraction of sp³-hybridized carbons (Fsp3) is 0.769. The lowest BCUT2D eigenvalue weighted by molar-refractivity contribution is -0.140. The second-order valence-electron chi connectivity index (χ2n) is 5.49. The molecule has 16 heavy (non-hydrogen) atoms. The number of nitrogens with zero attached hydrogens (tertiary/aromatic N) is 1. The van der Waals surface area contributed by atoms with Crippen molar-refractivity contribution in [1.29, 1.82) is 0 Å². The summed E-state index contributed by atoms with van der Waals surface area (Å²) in [4.78, 5) is 14.2. The Kier molecular flexibility index (Phi) is 5.73. The van der Waals surface area contributed by atoms with Crippen molar-refractivity contribution in [3.63, 3.8) is 0 Å². The van der Waals surface area contributed by atoms with Crippen LogP contribution in [-0.2, 0) is 4.79 Å². The molecular formula is C13H26N2O. The van der Waals surface area contributed by atoms with E-state index >= 15 is 0 Å². The lowest BCUT2D eigenvalue weighted by Gasteiger charge is -2.38. The molecule has 3 nitrogen and oxygen atoms in total. The van der Waals surface area contributed by atoms with Crippen molar-refractivity contribution in [2.75, 3.05) is 13.1 Å². The van der Waals surface area contributed by atoms with Gasteiger partial charge in [-0.1, -0.05) is 19.9 Å². The summed E-state index contributed by atoms with van der Waals surface area (Å²) in [6, 6.07) is 0. The molecule has 0 saturated heterocycles. The van der Waals surface area contributed by atoms with E-state index < -0.39 is 0 Å². The van der Waals surface area contributed by atoms with Crippen molar-refractivity contribution in [2.24, 2.45) is 17.6 Å². The highest BCUT2D eigenvalue weighted by Crippen LogP contribution is 2.20. The Morgan fingerprint density at radius 2 is 1.94 bits per heavy atom. The third kappa shape index (κ3) is 3.97. The van der Waals surface area contributed by atoms with Gasteiger partial charge in [0.25, 0.3) is 0 Å². The van der Waals surface area contributed by atoms with Crippen molar-refractivity contribution < 1.29 is 4.79 Å². The van der Waals surface area contributed by atoms with Gasteiger partial charge in [0.05, 0.1) is 5.92 Å². The van der Waals surface area contributed by atoms with Gasteiger partial charge in [0, 0.05) is 18.6 Å². The second kappa shape index (κ2) is 6.04. The van der Waals surface area contributed by atoms with Crippen LogP contribution in [0.15, 0.2) is 12.7 Å². The number of carbonyl (C=O) groups is 1. The van der Waals surface area contributed by atoms with Crippen LogP contribution in [0.4, 0.5) is 0 Å². The van der Waals surface area contributed by atoms with Gasteiger partial charge in [-0.3, -0.25) is 4.79 Å². The highest BCUT2D eigenvalue weighted by atomic mass is 16.2. The summed E-state index contributed by atoms with van der Waals surface area (Å²) in [6.07, 6.45) is 1.76. The molecule has 0 aromatic rings. The van der Waals surface area contributed by atoms with Crippen LogP contribution in [-0.4, -0.2) is 29.4 Å². The monoisotopic (exact) mass is 226 g/mol. The van der Waals surface area contributed by atoms with Crippen LogP contribution in [0.3, 0.4) is 0 Å². The minimum atomic E-state index is -0.187. The van der Waals surface area contributed by atoms with Gasteiger partial charge in [0.15, 0.2) is 0 Å². The third-order valence-corrected chi connectivity index (χ3v) is 2.76. The summed E-state index contributed by atoms with van der Waals surface area (Å²) in [5.41, 5.74) is 5.49. The molecule has 0 heterocycles. The van der Waals surface area contributed by atoms with E-state index in [1.54, 1.807) is 6.08 Å². The van der Waals surface area contributed by atoms with E-state index in [4.69, 9.17) is 5.73 Å². The van der Waals surface area contributed by atoms with Crippen molar-refractivity contribution in [2.45, 2.75) is 40.2 Å². The van der Waals surface area contributed by atoms with Gasteiger partial charge in [-0.2, -0.15) is 0 Å². The largest absolute Gasteiger partial charge is 0.334 e. The summed E-state index contributed by atoms with van der Waals surface area (Å²) in [5.74, 6) is 0.302. The average molecular weight is 226 g/mol. The zero-order chi connectivity index (χ0) is 12.9. The topological polar surface area (TPSA) is 46.3 Å². The molecule has 0 aliphatic carbocycles. The molecule has 3 heteroatoms. The molecule has 0 aromatic heterocycles. The molecule has 1 amide bonds. The Morgan fingerprint density at radius 3 is 2.19 bits per heavy atom. The number of rotatable bonds is 5. The molecule has 0 spiro atoms. The Labute approximate surface area is 99.7 Å². The zero-order valence-corrected chi connectivity index (χ0v) is 11.3. The molecule has 1 unspecified atom stereocenters. The van der Waals surface area contributed by atoms with E-state index in [1.807, 2.05) is 39.5 Å². The summed E-state index contributed by atoms with van der Waals surface area (Å²) in [5, 5.41) is 0. The van der Waals surface area contributed by atoms with Gasteiger partial charge in [0.1, 0.15) is 0 Å². The number of hydrogen-bond acceptors (Lipinski definition) is 2. The average Bonchev–Trinajstić information content (AvgIpc) is 2.12. The molecule has 0 aliphatic rings. The van der Waals surface area contributed by atoms with Gasteiger partial charge in [-0.05, 0) is 26.7 Å². The van der Waals surface area contributed by atoms with Crippen LogP contribution in [0, 0.1) is 11.8 Å². The van der Waals surface area contributed by atoms with Crippen molar-refractivity contribution in [3.05, 3.63) is 12.7 Å². The molecule has 1 atom stereocenters. The lowest BCUT2D eigenvalue weighted by atomic mass is 9.92. The lowest BCUT2D eigenvalue weighted by Crippen LogP contribution is -2.50. The van der Waals surface area contributed by atoms with E-state index in [0.717, 1.165) is 0 Å². The Hall–Kier alpha value is -0.830. The van der Waals surface area contributed by atoms with Crippen LogP contribution in [0.1, 0.15) is 34.6 Å². The van der Waals surface area contributed by atoms with E-state index in [0.29, 0.717) is 13.1 Å². The van der Waals surface area contributed by atoms with Gasteiger partial charge >= 0.3 is 0 Å². The smallest absolute Gasteiger partial charge is 0.227 e. The quantitative estimate of drug-likeness (QED) is 0.729.